The lowest BCUT2D eigenvalue weighted by Gasteiger charge is -2.36. The van der Waals surface area contributed by atoms with Crippen LogP contribution >= 0.6 is 11.8 Å². The number of fused-ring (bicyclic) bond motifs is 4. The van der Waals surface area contributed by atoms with Crippen LogP contribution in [0.3, 0.4) is 0 Å². The van der Waals surface area contributed by atoms with Crippen LogP contribution in [-0.2, 0) is 119 Å². The minimum Gasteiger partial charge on any atom is -0.508 e. The van der Waals surface area contributed by atoms with Gasteiger partial charge >= 0.3 is 0 Å². The Labute approximate surface area is 773 Å². The number of aliphatic hydroxyl groups excluding tert-OH is 1. The van der Waals surface area contributed by atoms with Crippen LogP contribution in [0.1, 0.15) is 140 Å². The fourth-order valence-corrected chi connectivity index (χ4v) is 17.5. The minimum absolute atomic E-state index is 0.0423. The zero-order valence-corrected chi connectivity index (χ0v) is 77.0. The Morgan fingerprint density at radius 2 is 1.16 bits per heavy atom. The number of para-hydroxylation sites is 2. The van der Waals surface area contributed by atoms with E-state index in [2.05, 4.69) is 68.1 Å². The van der Waals surface area contributed by atoms with E-state index in [1.54, 1.807) is 63.6 Å². The highest BCUT2D eigenvalue weighted by Crippen LogP contribution is 2.28. The third-order valence-corrected chi connectivity index (χ3v) is 25.0. The smallest absolute Gasteiger partial charge is 0.246 e. The second-order valence-corrected chi connectivity index (χ2v) is 35.5. The summed E-state index contributed by atoms with van der Waals surface area (Å²) in [5.74, 6) is -18.1. The summed E-state index contributed by atoms with van der Waals surface area (Å²) in [5.41, 5.74) is 19.9. The molecule has 42 nitrogen and oxygen atoms in total. The zero-order valence-electron chi connectivity index (χ0n) is 76.2. The first kappa shape index (κ1) is 103. The molecule has 0 aliphatic carbocycles. The van der Waals surface area contributed by atoms with Crippen molar-refractivity contribution in [1.29, 1.82) is 0 Å². The number of imidazole rings is 1. The lowest BCUT2D eigenvalue weighted by molar-refractivity contribution is -0.149. The van der Waals surface area contributed by atoms with Crippen molar-refractivity contribution in [2.24, 2.45) is 30.2 Å². The molecule has 0 bridgehead atoms. The van der Waals surface area contributed by atoms with Crippen molar-refractivity contribution >= 4 is 140 Å². The third-order valence-electron chi connectivity index (χ3n) is 23.9. The summed E-state index contributed by atoms with van der Waals surface area (Å²) >= 11 is 0.794. The minimum atomic E-state index is -1.80. The van der Waals surface area contributed by atoms with Crippen LogP contribution in [0.25, 0.3) is 21.8 Å². The summed E-state index contributed by atoms with van der Waals surface area (Å²) in [6.07, 6.45) is 3.21. The Morgan fingerprint density at radius 1 is 0.564 bits per heavy atom. The number of aliphatic hydroxyl groups is 1. The van der Waals surface area contributed by atoms with Crippen molar-refractivity contribution in [2.45, 2.75) is 228 Å². The summed E-state index contributed by atoms with van der Waals surface area (Å²) in [7, 11) is 5.79. The number of likely N-dealkylation sites (N-methyl/N-ethyl adjacent to an activating group) is 3. The topological polar surface area (TPSA) is 612 Å². The molecule has 43 heteroatoms. The Hall–Kier alpha value is -13.5. The zero-order chi connectivity index (χ0) is 97.2. The average molecular weight is 1870 g/mol. The lowest BCUT2D eigenvalue weighted by Crippen LogP contribution is -2.60. The number of amides is 18. The number of aromatic hydroxyl groups is 1. The highest BCUT2D eigenvalue weighted by molar-refractivity contribution is 8.00. The van der Waals surface area contributed by atoms with Crippen LogP contribution in [0.5, 0.6) is 5.75 Å². The van der Waals surface area contributed by atoms with Crippen molar-refractivity contribution in [3.63, 3.8) is 0 Å². The van der Waals surface area contributed by atoms with Crippen molar-refractivity contribution in [3.05, 3.63) is 120 Å². The van der Waals surface area contributed by atoms with E-state index in [9.17, 15) is 63.0 Å². The normalized spacial score (nSPS) is 24.4. The Bertz CT molecular complexity index is 5200. The molecule has 0 spiro atoms. The van der Waals surface area contributed by atoms with E-state index in [4.69, 9.17) is 17.2 Å². The molecule has 9 rings (SSSR count). The maximum absolute atomic E-state index is 15.7. The van der Waals surface area contributed by atoms with Gasteiger partial charge in [-0.2, -0.15) is 0 Å². The molecule has 133 heavy (non-hydrogen) atoms. The van der Waals surface area contributed by atoms with Gasteiger partial charge in [0.05, 0.1) is 43.4 Å². The number of carbonyl (C=O) groups excluding carboxylic acids is 18. The average Bonchev–Trinajstić information content (AvgIpc) is 1.74. The van der Waals surface area contributed by atoms with Gasteiger partial charge in [0.15, 0.2) is 0 Å². The van der Waals surface area contributed by atoms with E-state index in [0.29, 0.717) is 58.7 Å². The number of unbranched alkanes of at least 4 members (excludes halogenated alkanes) is 2. The fourth-order valence-electron chi connectivity index (χ4n) is 16.6. The second kappa shape index (κ2) is 48.6. The first-order valence-corrected chi connectivity index (χ1v) is 45.7. The standard InChI is InChI=1S/C90H124N22O20S/c1-10-12-22-69-83(125)102-61(33-49(3)4)81(123)106-67(80(122)96-42-75(93)117)46-133-47-77(119)100-64(34-51-26-28-55(113)29-27-51)86(128)108(7)50(5)78(120)105-66(39-74(92)116)89(131)111-32-18-25-70(111)84(126)104-63(37-54-41-94-48-98-54)82(124)101-60(30-31-73(91)115)88(130)112-45-56(114)38-72(112)85(127)103-62(35-52-40-95-59-21-16-14-19-57(52)59)79(121)97-43-76(118)99-65(36-53-44-107(6)68-24-17-15-20-58(53)68)87(129)110(9)71(23-13-11-2)90(132)109(69)8/h14-17,19-21,24,26-29,40-41,44,48-50,56,60-67,69-72,95,113-114H,10-13,18,22-23,25,30-39,42-43,45-47H2,1-9H3,(H2,91,115)(H2,92,116)(H2,93,117)(H,94,98)(H,96,122)(H,97,121)(H,99,118)(H,100,119)(H,101,124)(H,102,125)(H,103,127)(H,104,126)(H,105,120)(H,106,123)/t50-,56+,60-,61-,62-,63-,64-,65-,66-,67-,69-,70-,71-,72-/m0/s1. The summed E-state index contributed by atoms with van der Waals surface area (Å²) in [4.78, 5) is 277. The molecule has 6 heterocycles. The van der Waals surface area contributed by atoms with Crippen molar-refractivity contribution in [3.8, 4) is 5.75 Å². The molecule has 3 aliphatic rings. The quantitative estimate of drug-likeness (QED) is 0.0304. The van der Waals surface area contributed by atoms with Gasteiger partial charge in [0, 0.05) is 126 Å². The number of aromatic nitrogens is 4. The number of nitrogens with two attached hydrogens (primary N) is 3. The van der Waals surface area contributed by atoms with E-state index in [-0.39, 0.29) is 81.7 Å². The van der Waals surface area contributed by atoms with E-state index < -0.39 is 248 Å². The molecule has 0 radical (unpaired) electrons. The van der Waals surface area contributed by atoms with Crippen LogP contribution in [-0.4, -0.2) is 304 Å². The van der Waals surface area contributed by atoms with E-state index in [0.717, 1.165) is 32.0 Å². The van der Waals surface area contributed by atoms with Crippen LogP contribution in [0.15, 0.2) is 97.7 Å². The molecule has 20 N–H and O–H groups in total. The number of benzene rings is 3. The van der Waals surface area contributed by atoms with Crippen molar-refractivity contribution in [1.82, 2.24) is 97.2 Å². The number of phenolic OH excluding ortho intramolecular Hbond substituents is 1. The molecule has 18 amide bonds. The van der Waals surface area contributed by atoms with Gasteiger partial charge in [-0.25, -0.2) is 4.98 Å². The number of thioether (sulfide) groups is 1. The number of nitrogens with one attached hydrogen (secondary N) is 12. The largest absolute Gasteiger partial charge is 0.508 e. The monoisotopic (exact) mass is 1860 g/mol. The lowest BCUT2D eigenvalue weighted by atomic mass is 9.99. The van der Waals surface area contributed by atoms with Crippen LogP contribution in [0.2, 0.25) is 0 Å². The van der Waals surface area contributed by atoms with Crippen molar-refractivity contribution < 1.29 is 96.5 Å². The molecule has 0 unspecified atom stereocenters. The number of aromatic amines is 2. The van der Waals surface area contributed by atoms with Crippen LogP contribution < -0.4 is 70.4 Å². The summed E-state index contributed by atoms with van der Waals surface area (Å²) in [5, 5.41) is 49.4. The van der Waals surface area contributed by atoms with Gasteiger partial charge in [-0.3, -0.25) is 86.3 Å². The number of hydrogen-bond acceptors (Lipinski definition) is 22. The predicted octanol–water partition coefficient (Wildman–Crippen LogP) is -2.28. The summed E-state index contributed by atoms with van der Waals surface area (Å²) < 4.78 is 1.83. The highest BCUT2D eigenvalue weighted by Gasteiger charge is 2.47. The maximum Gasteiger partial charge on any atom is 0.246 e. The van der Waals surface area contributed by atoms with Crippen LogP contribution in [0.4, 0.5) is 0 Å². The van der Waals surface area contributed by atoms with Crippen molar-refractivity contribution in [2.75, 3.05) is 58.8 Å². The maximum atomic E-state index is 15.7. The Morgan fingerprint density at radius 3 is 1.82 bits per heavy atom. The molecular weight excluding hydrogens is 1740 g/mol. The molecule has 0 saturated carbocycles. The van der Waals surface area contributed by atoms with E-state index >= 15 is 33.6 Å². The highest BCUT2D eigenvalue weighted by atomic mass is 32.2. The Balaban J connectivity index is 1.09. The van der Waals surface area contributed by atoms with E-state index in [1.807, 2.05) is 36.6 Å². The number of H-pyrrole nitrogens is 2. The Kier molecular flexibility index (Phi) is 37.7. The van der Waals surface area contributed by atoms with Gasteiger partial charge in [0.25, 0.3) is 0 Å². The molecule has 3 saturated heterocycles. The molecule has 6 aromatic rings. The molecule has 720 valence electrons. The fraction of sp³-hybridized carbons (Fsp3) is 0.522. The van der Waals surface area contributed by atoms with E-state index in [1.165, 1.54) is 74.7 Å². The molecule has 3 aromatic heterocycles. The van der Waals surface area contributed by atoms with Gasteiger partial charge in [-0.15, -0.1) is 11.8 Å². The summed E-state index contributed by atoms with van der Waals surface area (Å²) in [6.45, 7) is 6.33. The molecular formula is C90H124N22O20S. The number of phenols is 1. The first-order chi connectivity index (χ1) is 63.2. The number of primary amides is 3. The van der Waals surface area contributed by atoms with Gasteiger partial charge in [-0.05, 0) is 92.3 Å². The van der Waals surface area contributed by atoms with Gasteiger partial charge in [0.1, 0.15) is 84.3 Å². The molecule has 3 aliphatic heterocycles. The number of rotatable bonds is 24. The molecule has 3 aromatic carbocycles. The van der Waals surface area contributed by atoms with Gasteiger partial charge in [0.2, 0.25) is 106 Å². The molecule has 3 fully saturated rings. The number of carbonyl (C=O) groups is 18. The number of nitrogens with zero attached hydrogens (tertiary/aromatic N) is 7. The predicted molar refractivity (Wildman–Crippen MR) is 488 cm³/mol. The summed E-state index contributed by atoms with van der Waals surface area (Å²) in [6, 6.07) is 0.0338. The molecule has 14 atom stereocenters. The van der Waals surface area contributed by atoms with Crippen LogP contribution in [0, 0.1) is 5.92 Å². The van der Waals surface area contributed by atoms with Gasteiger partial charge in [-0.1, -0.05) is 102 Å². The SMILES string of the molecule is CCCC[C@H]1C(=O)N(C)[C@@H](CCCC)C(=O)N[C@@H](CC(C)C)C(=O)N[C@H](C(=O)NCC(N)=O)CSCC(=O)N[C@@H](Cc2ccc(O)cc2)C(=O)N(C)[C@@H](C)C(=O)N[C@@H](CC(N)=O)C(=O)N2CCC[C@H]2C(=O)N[C@@H](Cc2c[nH]cn2)C(=O)N[C@@H](CCC(N)=O)C(=O)N2C[C@H](O)C[C@H]2C(=O)N[C@@H](Cc2c[nH]c3ccccc23)C(=O)NCC(=O)N[C@@H](Cc2cn(C)c3ccccc23)C(=O)N1C. The number of hydrogen-bond donors (Lipinski definition) is 17. The third kappa shape index (κ3) is 28.5. The second-order valence-electron chi connectivity index (χ2n) is 34.4. The first-order valence-electron chi connectivity index (χ1n) is 44.6. The van der Waals surface area contributed by atoms with Gasteiger partial charge < -0.3 is 120 Å². The number of aryl methyl sites for hydroxylation is 1.